The SMILES string of the molecule is Cc1ccc(NC2=NCC3(CCCC3)CS2)c(F)c1. The van der Waals surface area contributed by atoms with Gasteiger partial charge in [-0.2, -0.15) is 0 Å². The van der Waals surface area contributed by atoms with E-state index in [1.807, 2.05) is 13.0 Å². The van der Waals surface area contributed by atoms with Crippen LogP contribution < -0.4 is 5.32 Å². The lowest BCUT2D eigenvalue weighted by Gasteiger charge is -2.31. The van der Waals surface area contributed by atoms with Gasteiger partial charge in [0, 0.05) is 12.3 Å². The number of aliphatic imine (C=N–C) groups is 1. The number of thioether (sulfide) groups is 1. The minimum Gasteiger partial charge on any atom is -0.333 e. The summed E-state index contributed by atoms with van der Waals surface area (Å²) in [6.07, 6.45) is 5.28. The number of nitrogens with zero attached hydrogens (tertiary/aromatic N) is 1. The Morgan fingerprint density at radius 1 is 1.32 bits per heavy atom. The van der Waals surface area contributed by atoms with Gasteiger partial charge >= 0.3 is 0 Å². The lowest BCUT2D eigenvalue weighted by atomic mass is 9.89. The molecule has 4 heteroatoms. The molecule has 1 saturated carbocycles. The molecule has 0 radical (unpaired) electrons. The van der Waals surface area contributed by atoms with Crippen LogP contribution in [0, 0.1) is 18.2 Å². The van der Waals surface area contributed by atoms with E-state index in [0.29, 0.717) is 11.1 Å². The molecule has 1 fully saturated rings. The summed E-state index contributed by atoms with van der Waals surface area (Å²) in [5.41, 5.74) is 1.90. The molecule has 1 aromatic carbocycles. The minimum atomic E-state index is -0.204. The summed E-state index contributed by atoms with van der Waals surface area (Å²) in [6, 6.07) is 5.25. The number of hydrogen-bond donors (Lipinski definition) is 1. The number of hydrogen-bond acceptors (Lipinski definition) is 3. The smallest absolute Gasteiger partial charge is 0.161 e. The summed E-state index contributed by atoms with van der Waals surface area (Å²) in [5.74, 6) is 0.913. The molecule has 1 aliphatic carbocycles. The van der Waals surface area contributed by atoms with Crippen molar-refractivity contribution in [2.24, 2.45) is 10.4 Å². The van der Waals surface area contributed by atoms with Crippen molar-refractivity contribution in [1.29, 1.82) is 0 Å². The molecule has 102 valence electrons. The fraction of sp³-hybridized carbons (Fsp3) is 0.533. The van der Waals surface area contributed by atoms with Crippen molar-refractivity contribution in [3.8, 4) is 0 Å². The van der Waals surface area contributed by atoms with Gasteiger partial charge in [0.25, 0.3) is 0 Å². The second kappa shape index (κ2) is 5.16. The van der Waals surface area contributed by atoms with Gasteiger partial charge in [-0.3, -0.25) is 4.99 Å². The van der Waals surface area contributed by atoms with Crippen molar-refractivity contribution in [2.45, 2.75) is 32.6 Å². The molecule has 19 heavy (non-hydrogen) atoms. The summed E-state index contributed by atoms with van der Waals surface area (Å²) in [5, 5.41) is 3.98. The van der Waals surface area contributed by atoms with E-state index in [4.69, 9.17) is 0 Å². The Morgan fingerprint density at radius 3 is 2.74 bits per heavy atom. The zero-order chi connectivity index (χ0) is 13.3. The van der Waals surface area contributed by atoms with Crippen LogP contribution in [0.1, 0.15) is 31.2 Å². The van der Waals surface area contributed by atoms with Gasteiger partial charge in [-0.15, -0.1) is 0 Å². The van der Waals surface area contributed by atoms with Crippen LogP contribution in [0.2, 0.25) is 0 Å². The maximum Gasteiger partial charge on any atom is 0.161 e. The van der Waals surface area contributed by atoms with E-state index in [2.05, 4.69) is 10.3 Å². The lowest BCUT2D eigenvalue weighted by Crippen LogP contribution is -2.30. The first kappa shape index (κ1) is 13.0. The van der Waals surface area contributed by atoms with Gasteiger partial charge in [0.1, 0.15) is 5.82 Å². The topological polar surface area (TPSA) is 24.4 Å². The number of benzene rings is 1. The Bertz CT molecular complexity index is 507. The van der Waals surface area contributed by atoms with E-state index >= 15 is 0 Å². The Kier molecular flexibility index (Phi) is 3.52. The third kappa shape index (κ3) is 2.78. The summed E-state index contributed by atoms with van der Waals surface area (Å²) in [7, 11) is 0. The van der Waals surface area contributed by atoms with Crippen LogP contribution in [0.15, 0.2) is 23.2 Å². The van der Waals surface area contributed by atoms with Crippen LogP contribution >= 0.6 is 11.8 Å². The van der Waals surface area contributed by atoms with Crippen LogP contribution in [0.25, 0.3) is 0 Å². The zero-order valence-corrected chi connectivity index (χ0v) is 12.0. The zero-order valence-electron chi connectivity index (χ0n) is 11.2. The Labute approximate surface area is 117 Å². The van der Waals surface area contributed by atoms with Crippen LogP contribution in [-0.4, -0.2) is 17.5 Å². The highest BCUT2D eigenvalue weighted by Crippen LogP contribution is 2.43. The molecule has 0 aromatic heterocycles. The number of anilines is 1. The quantitative estimate of drug-likeness (QED) is 0.832. The predicted octanol–water partition coefficient (Wildman–Crippen LogP) is 4.21. The van der Waals surface area contributed by atoms with Crippen LogP contribution in [-0.2, 0) is 0 Å². The fourth-order valence-electron chi connectivity index (χ4n) is 2.89. The Hall–Kier alpha value is -1.03. The lowest BCUT2D eigenvalue weighted by molar-refractivity contribution is 0.359. The molecule has 1 N–H and O–H groups in total. The van der Waals surface area contributed by atoms with Crippen molar-refractivity contribution in [1.82, 2.24) is 0 Å². The van der Waals surface area contributed by atoms with E-state index in [0.717, 1.165) is 23.0 Å². The molecule has 0 saturated heterocycles. The predicted molar refractivity (Wildman–Crippen MR) is 80.4 cm³/mol. The van der Waals surface area contributed by atoms with E-state index in [-0.39, 0.29) is 5.82 Å². The van der Waals surface area contributed by atoms with Crippen LogP contribution in [0.5, 0.6) is 0 Å². The van der Waals surface area contributed by atoms with Gasteiger partial charge < -0.3 is 5.32 Å². The molecule has 1 spiro atoms. The third-order valence-corrected chi connectivity index (χ3v) is 5.36. The summed E-state index contributed by atoms with van der Waals surface area (Å²) >= 11 is 1.74. The number of amidine groups is 1. The number of halogens is 1. The molecule has 1 aromatic rings. The highest BCUT2D eigenvalue weighted by atomic mass is 32.2. The van der Waals surface area contributed by atoms with Crippen molar-refractivity contribution in [2.75, 3.05) is 17.6 Å². The molecule has 2 aliphatic rings. The second-order valence-corrected chi connectivity index (χ2v) is 6.69. The van der Waals surface area contributed by atoms with Crippen molar-refractivity contribution in [3.05, 3.63) is 29.6 Å². The second-order valence-electron chi connectivity index (χ2n) is 5.73. The van der Waals surface area contributed by atoms with Gasteiger partial charge in [0.2, 0.25) is 0 Å². The van der Waals surface area contributed by atoms with E-state index < -0.39 is 0 Å². The minimum absolute atomic E-state index is 0.204. The molecule has 0 unspecified atom stereocenters. The molecule has 0 amide bonds. The molecule has 3 rings (SSSR count). The van der Waals surface area contributed by atoms with Gasteiger partial charge in [0.05, 0.1) is 5.69 Å². The molecule has 0 bridgehead atoms. The van der Waals surface area contributed by atoms with Crippen LogP contribution in [0.3, 0.4) is 0 Å². The van der Waals surface area contributed by atoms with E-state index in [1.165, 1.54) is 25.7 Å². The molecular formula is C15H19FN2S. The molecular weight excluding hydrogens is 259 g/mol. The standard InChI is InChI=1S/C15H19FN2S/c1-11-4-5-13(12(16)8-11)18-14-17-9-15(10-19-14)6-2-3-7-15/h4-5,8H,2-3,6-7,9-10H2,1H3,(H,17,18). The monoisotopic (exact) mass is 278 g/mol. The molecule has 1 heterocycles. The average molecular weight is 278 g/mol. The molecule has 0 atom stereocenters. The first-order valence-corrected chi connectivity index (χ1v) is 7.86. The highest BCUT2D eigenvalue weighted by molar-refractivity contribution is 8.14. The van der Waals surface area contributed by atoms with Gasteiger partial charge in [-0.05, 0) is 42.9 Å². The maximum atomic E-state index is 13.8. The Morgan fingerprint density at radius 2 is 2.11 bits per heavy atom. The molecule has 1 aliphatic heterocycles. The molecule has 2 nitrogen and oxygen atoms in total. The highest BCUT2D eigenvalue weighted by Gasteiger charge is 2.36. The Balaban J connectivity index is 1.69. The van der Waals surface area contributed by atoms with Crippen molar-refractivity contribution in [3.63, 3.8) is 0 Å². The number of nitrogens with one attached hydrogen (secondary N) is 1. The van der Waals surface area contributed by atoms with Crippen molar-refractivity contribution >= 4 is 22.6 Å². The van der Waals surface area contributed by atoms with E-state index in [9.17, 15) is 4.39 Å². The summed E-state index contributed by atoms with van der Waals surface area (Å²) in [6.45, 7) is 2.79. The number of aryl methyl sites for hydroxylation is 1. The first-order valence-electron chi connectivity index (χ1n) is 6.87. The van der Waals surface area contributed by atoms with Gasteiger partial charge in [-0.25, -0.2) is 4.39 Å². The summed E-state index contributed by atoms with van der Waals surface area (Å²) in [4.78, 5) is 4.63. The largest absolute Gasteiger partial charge is 0.333 e. The fourth-order valence-corrected chi connectivity index (χ4v) is 4.05. The number of rotatable bonds is 1. The van der Waals surface area contributed by atoms with Gasteiger partial charge in [-0.1, -0.05) is 30.7 Å². The average Bonchev–Trinajstić information content (AvgIpc) is 2.84. The maximum absolute atomic E-state index is 13.8. The third-order valence-electron chi connectivity index (χ3n) is 4.10. The van der Waals surface area contributed by atoms with E-state index in [1.54, 1.807) is 23.9 Å². The van der Waals surface area contributed by atoms with Gasteiger partial charge in [0.15, 0.2) is 5.17 Å². The normalized spacial score (nSPS) is 21.5. The van der Waals surface area contributed by atoms with Crippen LogP contribution in [0.4, 0.5) is 10.1 Å². The first-order chi connectivity index (χ1) is 9.17. The summed E-state index contributed by atoms with van der Waals surface area (Å²) < 4.78 is 13.8. The van der Waals surface area contributed by atoms with Crippen molar-refractivity contribution < 1.29 is 4.39 Å².